The first-order valence-electron chi connectivity index (χ1n) is 9.44. The molecule has 5 nitrogen and oxygen atoms in total. The Labute approximate surface area is 163 Å². The highest BCUT2D eigenvalue weighted by Crippen LogP contribution is 2.32. The molecule has 0 radical (unpaired) electrons. The van der Waals surface area contributed by atoms with Crippen LogP contribution in [0.3, 0.4) is 0 Å². The van der Waals surface area contributed by atoms with Crippen molar-refractivity contribution >= 4 is 10.9 Å². The molecule has 0 saturated carbocycles. The van der Waals surface area contributed by atoms with Gasteiger partial charge in [-0.2, -0.15) is 5.10 Å². The highest BCUT2D eigenvalue weighted by atomic mass is 16.5. The van der Waals surface area contributed by atoms with Gasteiger partial charge in [-0.25, -0.2) is 0 Å². The molecule has 142 valence electrons. The standard InChI is InChI=1S/C23H23N3O2/c1-4-28-22-13-23(27)25(3)15-20(22)18-10-11-19-14-24-26(21(19)12-18)16(2)17-8-6-5-7-9-17/h5-16H,4H2,1-3H3/t16-/m1/s1. The van der Waals surface area contributed by atoms with E-state index in [1.165, 1.54) is 5.56 Å². The third-order valence-corrected chi connectivity index (χ3v) is 5.05. The summed E-state index contributed by atoms with van der Waals surface area (Å²) in [6.45, 7) is 4.57. The van der Waals surface area contributed by atoms with Gasteiger partial charge in [0.05, 0.1) is 24.4 Å². The zero-order valence-electron chi connectivity index (χ0n) is 16.3. The van der Waals surface area contributed by atoms with Crippen molar-refractivity contribution in [1.29, 1.82) is 0 Å². The van der Waals surface area contributed by atoms with E-state index in [1.807, 2.05) is 48.3 Å². The molecular formula is C23H23N3O2. The fourth-order valence-corrected chi connectivity index (χ4v) is 3.49. The Balaban J connectivity index is 1.85. The van der Waals surface area contributed by atoms with Gasteiger partial charge in [0.1, 0.15) is 5.75 Å². The minimum Gasteiger partial charge on any atom is -0.493 e. The van der Waals surface area contributed by atoms with Crippen LogP contribution in [0.25, 0.3) is 22.0 Å². The number of rotatable bonds is 5. The summed E-state index contributed by atoms with van der Waals surface area (Å²) in [5.41, 5.74) is 4.05. The van der Waals surface area contributed by atoms with E-state index in [-0.39, 0.29) is 11.6 Å². The summed E-state index contributed by atoms with van der Waals surface area (Å²) in [5.74, 6) is 0.604. The van der Waals surface area contributed by atoms with Gasteiger partial charge >= 0.3 is 0 Å². The lowest BCUT2D eigenvalue weighted by Crippen LogP contribution is -2.16. The molecular weight excluding hydrogens is 350 g/mol. The first-order valence-corrected chi connectivity index (χ1v) is 9.44. The van der Waals surface area contributed by atoms with Crippen molar-refractivity contribution in [2.24, 2.45) is 7.05 Å². The molecule has 4 rings (SSSR count). The van der Waals surface area contributed by atoms with E-state index >= 15 is 0 Å². The van der Waals surface area contributed by atoms with E-state index in [9.17, 15) is 4.79 Å². The van der Waals surface area contributed by atoms with Crippen LogP contribution in [0.1, 0.15) is 25.5 Å². The largest absolute Gasteiger partial charge is 0.493 e. The number of benzene rings is 2. The summed E-state index contributed by atoms with van der Waals surface area (Å²) in [6, 6.07) is 18.2. The molecule has 0 amide bonds. The third-order valence-electron chi connectivity index (χ3n) is 5.05. The summed E-state index contributed by atoms with van der Waals surface area (Å²) in [7, 11) is 1.75. The molecule has 0 N–H and O–H groups in total. The molecule has 2 heterocycles. The van der Waals surface area contributed by atoms with Gasteiger partial charge in [0, 0.05) is 30.3 Å². The van der Waals surface area contributed by atoms with Gasteiger partial charge in [0.25, 0.3) is 5.56 Å². The Morgan fingerprint density at radius 3 is 2.64 bits per heavy atom. The van der Waals surface area contributed by atoms with E-state index in [0.29, 0.717) is 12.4 Å². The monoisotopic (exact) mass is 373 g/mol. The topological polar surface area (TPSA) is 49.1 Å². The van der Waals surface area contributed by atoms with Crippen LogP contribution in [-0.2, 0) is 7.05 Å². The van der Waals surface area contributed by atoms with Crippen LogP contribution >= 0.6 is 0 Å². The van der Waals surface area contributed by atoms with Crippen LogP contribution < -0.4 is 10.3 Å². The van der Waals surface area contributed by atoms with E-state index in [1.54, 1.807) is 17.7 Å². The molecule has 0 spiro atoms. The van der Waals surface area contributed by atoms with Gasteiger partial charge in [0.2, 0.25) is 0 Å². The maximum Gasteiger partial charge on any atom is 0.254 e. The zero-order valence-corrected chi connectivity index (χ0v) is 16.3. The van der Waals surface area contributed by atoms with Gasteiger partial charge in [-0.3, -0.25) is 9.48 Å². The molecule has 2 aromatic heterocycles. The number of aromatic nitrogens is 3. The third kappa shape index (κ3) is 3.20. The Bertz CT molecular complexity index is 1180. The summed E-state index contributed by atoms with van der Waals surface area (Å²) in [4.78, 5) is 12.0. The summed E-state index contributed by atoms with van der Waals surface area (Å²) < 4.78 is 9.35. The second-order valence-electron chi connectivity index (χ2n) is 6.88. The van der Waals surface area contributed by atoms with Crippen molar-refractivity contribution in [2.75, 3.05) is 6.61 Å². The maximum atomic E-state index is 12.0. The number of hydrogen-bond donors (Lipinski definition) is 0. The summed E-state index contributed by atoms with van der Waals surface area (Å²) in [5, 5.41) is 5.71. The molecule has 2 aromatic carbocycles. The molecule has 5 heteroatoms. The average Bonchev–Trinajstić information content (AvgIpc) is 3.14. The first-order chi connectivity index (χ1) is 13.6. The number of nitrogens with zero attached hydrogens (tertiary/aromatic N) is 3. The molecule has 0 aliphatic carbocycles. The first kappa shape index (κ1) is 18.0. The molecule has 0 bridgehead atoms. The highest BCUT2D eigenvalue weighted by Gasteiger charge is 2.15. The minimum atomic E-state index is -0.0870. The Kier molecular flexibility index (Phi) is 4.74. The number of hydrogen-bond acceptors (Lipinski definition) is 3. The average molecular weight is 373 g/mol. The zero-order chi connectivity index (χ0) is 19.7. The van der Waals surface area contributed by atoms with Crippen molar-refractivity contribution in [3.8, 4) is 16.9 Å². The fourth-order valence-electron chi connectivity index (χ4n) is 3.49. The van der Waals surface area contributed by atoms with Crippen LogP contribution in [0.15, 0.2) is 71.8 Å². The SMILES string of the molecule is CCOc1cc(=O)n(C)cc1-c1ccc2cnn([C@H](C)c3ccccc3)c2c1. The second-order valence-corrected chi connectivity index (χ2v) is 6.88. The van der Waals surface area contributed by atoms with E-state index in [0.717, 1.165) is 22.0 Å². The molecule has 0 fully saturated rings. The second kappa shape index (κ2) is 7.35. The van der Waals surface area contributed by atoms with Crippen LogP contribution in [0.2, 0.25) is 0 Å². The van der Waals surface area contributed by atoms with Crippen molar-refractivity contribution in [1.82, 2.24) is 14.3 Å². The molecule has 0 unspecified atom stereocenters. The lowest BCUT2D eigenvalue weighted by molar-refractivity contribution is 0.340. The van der Waals surface area contributed by atoms with E-state index < -0.39 is 0 Å². The summed E-state index contributed by atoms with van der Waals surface area (Å²) >= 11 is 0. The Morgan fingerprint density at radius 2 is 1.89 bits per heavy atom. The van der Waals surface area contributed by atoms with Gasteiger partial charge < -0.3 is 9.30 Å². The molecule has 0 saturated heterocycles. The normalized spacial score (nSPS) is 12.2. The lowest BCUT2D eigenvalue weighted by Gasteiger charge is -2.15. The number of ether oxygens (including phenoxy) is 1. The van der Waals surface area contributed by atoms with Crippen molar-refractivity contribution in [2.45, 2.75) is 19.9 Å². The van der Waals surface area contributed by atoms with Gasteiger partial charge in [-0.05, 0) is 31.0 Å². The van der Waals surface area contributed by atoms with Crippen LogP contribution in [0.5, 0.6) is 5.75 Å². The van der Waals surface area contributed by atoms with E-state index in [4.69, 9.17) is 4.74 Å². The predicted molar refractivity (Wildman–Crippen MR) is 112 cm³/mol. The summed E-state index contributed by atoms with van der Waals surface area (Å²) in [6.07, 6.45) is 3.72. The quantitative estimate of drug-likeness (QED) is 0.521. The van der Waals surface area contributed by atoms with Crippen LogP contribution in [-0.4, -0.2) is 21.0 Å². The molecule has 0 aliphatic heterocycles. The molecule has 1 atom stereocenters. The van der Waals surface area contributed by atoms with Crippen molar-refractivity contribution in [3.63, 3.8) is 0 Å². The predicted octanol–water partition coefficient (Wildman–Crippen LogP) is 4.41. The van der Waals surface area contributed by atoms with Crippen LogP contribution in [0.4, 0.5) is 0 Å². The molecule has 28 heavy (non-hydrogen) atoms. The number of pyridine rings is 1. The molecule has 4 aromatic rings. The fraction of sp³-hybridized carbons (Fsp3) is 0.217. The lowest BCUT2D eigenvalue weighted by atomic mass is 10.0. The smallest absolute Gasteiger partial charge is 0.254 e. The maximum absolute atomic E-state index is 12.0. The van der Waals surface area contributed by atoms with Gasteiger partial charge in [-0.15, -0.1) is 0 Å². The molecule has 0 aliphatic rings. The minimum absolute atomic E-state index is 0.0870. The van der Waals surface area contributed by atoms with Crippen molar-refractivity contribution < 1.29 is 4.74 Å². The van der Waals surface area contributed by atoms with Crippen LogP contribution in [0, 0.1) is 0 Å². The Morgan fingerprint density at radius 1 is 1.11 bits per heavy atom. The number of aryl methyl sites for hydroxylation is 1. The van der Waals surface area contributed by atoms with Gasteiger partial charge in [-0.1, -0.05) is 42.5 Å². The highest BCUT2D eigenvalue weighted by molar-refractivity contribution is 5.85. The van der Waals surface area contributed by atoms with Crippen molar-refractivity contribution in [3.05, 3.63) is 82.9 Å². The van der Waals surface area contributed by atoms with E-state index in [2.05, 4.69) is 36.3 Å². The Hall–Kier alpha value is -3.34. The number of fused-ring (bicyclic) bond motifs is 1. The van der Waals surface area contributed by atoms with Gasteiger partial charge in [0.15, 0.2) is 0 Å².